The van der Waals surface area contributed by atoms with Crippen LogP contribution in [0.4, 0.5) is 11.4 Å². The molecule has 0 aromatic heterocycles. The molecule has 0 spiro atoms. The second kappa shape index (κ2) is 9.72. The molecule has 3 aromatic carbocycles. The highest BCUT2D eigenvalue weighted by molar-refractivity contribution is 7.92. The first-order chi connectivity index (χ1) is 14.8. The summed E-state index contributed by atoms with van der Waals surface area (Å²) < 4.78 is 38.0. The summed E-state index contributed by atoms with van der Waals surface area (Å²) in [5.41, 5.74) is 0.751. The lowest BCUT2D eigenvalue weighted by atomic mass is 10.3. The van der Waals surface area contributed by atoms with Gasteiger partial charge in [0.2, 0.25) is 5.91 Å². The van der Waals surface area contributed by atoms with E-state index in [1.165, 1.54) is 32.4 Å². The second-order valence-electron chi connectivity index (χ2n) is 6.45. The van der Waals surface area contributed by atoms with Crippen LogP contribution in [0.5, 0.6) is 11.5 Å². The normalized spacial score (nSPS) is 10.9. The third-order valence-corrected chi connectivity index (χ3v) is 6.41. The number of ether oxygens (including phenoxy) is 2. The van der Waals surface area contributed by atoms with E-state index in [1.54, 1.807) is 54.6 Å². The number of amides is 1. The first kappa shape index (κ1) is 22.5. The van der Waals surface area contributed by atoms with E-state index < -0.39 is 22.5 Å². The predicted octanol–water partition coefficient (Wildman–Crippen LogP) is 4.19. The minimum atomic E-state index is -4.06. The Labute approximate surface area is 186 Å². The number of halogens is 1. The van der Waals surface area contributed by atoms with E-state index in [0.29, 0.717) is 22.2 Å². The van der Waals surface area contributed by atoms with E-state index in [-0.39, 0.29) is 10.6 Å². The Morgan fingerprint density at radius 1 is 0.935 bits per heavy atom. The molecule has 3 rings (SSSR count). The van der Waals surface area contributed by atoms with Crippen LogP contribution in [-0.4, -0.2) is 35.1 Å². The van der Waals surface area contributed by atoms with Crippen molar-refractivity contribution in [3.63, 3.8) is 0 Å². The highest BCUT2D eigenvalue weighted by Gasteiger charge is 2.27. The van der Waals surface area contributed by atoms with Crippen LogP contribution in [0.25, 0.3) is 0 Å². The van der Waals surface area contributed by atoms with Gasteiger partial charge in [-0.15, -0.1) is 0 Å². The Bertz CT molecular complexity index is 1170. The molecule has 3 aromatic rings. The molecule has 0 aliphatic carbocycles. The number of carbonyl (C=O) groups excluding carboxylic acids is 1. The number of methoxy groups -OCH3 is 2. The molecule has 7 nitrogen and oxygen atoms in total. The molecule has 31 heavy (non-hydrogen) atoms. The SMILES string of the molecule is COc1ccc(S(=O)(=O)N(CC(=O)Nc2cccc(OC)c2)c2cccc(Cl)c2)cc1. The predicted molar refractivity (Wildman–Crippen MR) is 121 cm³/mol. The van der Waals surface area contributed by atoms with E-state index in [1.807, 2.05) is 0 Å². The van der Waals surface area contributed by atoms with Crippen LogP contribution in [0, 0.1) is 0 Å². The summed E-state index contributed by atoms with van der Waals surface area (Å²) in [6.45, 7) is -0.452. The van der Waals surface area contributed by atoms with Crippen molar-refractivity contribution in [1.29, 1.82) is 0 Å². The van der Waals surface area contributed by atoms with Gasteiger partial charge < -0.3 is 14.8 Å². The first-order valence-electron chi connectivity index (χ1n) is 9.20. The van der Waals surface area contributed by atoms with Crippen molar-refractivity contribution < 1.29 is 22.7 Å². The fourth-order valence-corrected chi connectivity index (χ4v) is 4.45. The molecule has 1 amide bonds. The lowest BCUT2D eigenvalue weighted by molar-refractivity contribution is -0.114. The summed E-state index contributed by atoms with van der Waals surface area (Å²) in [7, 11) is -1.05. The van der Waals surface area contributed by atoms with Crippen LogP contribution in [-0.2, 0) is 14.8 Å². The standard InChI is InChI=1S/C22H21ClN2O5S/c1-29-19-9-11-21(12-10-19)31(27,28)25(18-7-3-5-16(23)13-18)15-22(26)24-17-6-4-8-20(14-17)30-2/h3-14H,15H2,1-2H3,(H,24,26). The Balaban J connectivity index is 1.93. The molecule has 0 aliphatic heterocycles. The highest BCUT2D eigenvalue weighted by atomic mass is 35.5. The largest absolute Gasteiger partial charge is 0.497 e. The average Bonchev–Trinajstić information content (AvgIpc) is 2.77. The van der Waals surface area contributed by atoms with Gasteiger partial charge in [0.05, 0.1) is 24.8 Å². The van der Waals surface area contributed by atoms with Crippen molar-refractivity contribution in [2.45, 2.75) is 4.90 Å². The molecule has 0 unspecified atom stereocenters. The van der Waals surface area contributed by atoms with Crippen LogP contribution < -0.4 is 19.1 Å². The summed E-state index contributed by atoms with van der Waals surface area (Å²) in [6.07, 6.45) is 0. The van der Waals surface area contributed by atoms with E-state index in [9.17, 15) is 13.2 Å². The topological polar surface area (TPSA) is 84.9 Å². The first-order valence-corrected chi connectivity index (χ1v) is 11.0. The van der Waals surface area contributed by atoms with Crippen molar-refractivity contribution >= 4 is 38.9 Å². The Kier molecular flexibility index (Phi) is 7.04. The third kappa shape index (κ3) is 5.48. The second-order valence-corrected chi connectivity index (χ2v) is 8.75. The number of hydrogen-bond acceptors (Lipinski definition) is 5. The minimum absolute atomic E-state index is 0.0162. The summed E-state index contributed by atoms with van der Waals surface area (Å²) in [5.74, 6) is 0.560. The van der Waals surface area contributed by atoms with E-state index in [4.69, 9.17) is 21.1 Å². The smallest absolute Gasteiger partial charge is 0.264 e. The van der Waals surface area contributed by atoms with Crippen LogP contribution in [0.1, 0.15) is 0 Å². The number of carbonyl (C=O) groups is 1. The molecule has 0 heterocycles. The lowest BCUT2D eigenvalue weighted by Crippen LogP contribution is -2.38. The minimum Gasteiger partial charge on any atom is -0.497 e. The highest BCUT2D eigenvalue weighted by Crippen LogP contribution is 2.27. The van der Waals surface area contributed by atoms with Gasteiger partial charge in [-0.25, -0.2) is 8.42 Å². The lowest BCUT2D eigenvalue weighted by Gasteiger charge is -2.24. The zero-order valence-electron chi connectivity index (χ0n) is 16.9. The molecule has 9 heteroatoms. The molecule has 0 saturated heterocycles. The fourth-order valence-electron chi connectivity index (χ4n) is 2.85. The molecule has 0 bridgehead atoms. The zero-order chi connectivity index (χ0) is 22.4. The molecule has 0 fully saturated rings. The van der Waals surface area contributed by atoms with Crippen molar-refractivity contribution in [3.05, 3.63) is 77.8 Å². The maximum absolute atomic E-state index is 13.4. The molecule has 162 valence electrons. The molecule has 1 N–H and O–H groups in total. The van der Waals surface area contributed by atoms with Gasteiger partial charge >= 0.3 is 0 Å². The number of hydrogen-bond donors (Lipinski definition) is 1. The number of anilines is 2. The summed E-state index contributed by atoms with van der Waals surface area (Å²) in [5, 5.41) is 3.04. The van der Waals surface area contributed by atoms with Crippen LogP contribution >= 0.6 is 11.6 Å². The zero-order valence-corrected chi connectivity index (χ0v) is 18.5. The van der Waals surface area contributed by atoms with Gasteiger partial charge in [-0.05, 0) is 54.6 Å². The maximum Gasteiger partial charge on any atom is 0.264 e. The van der Waals surface area contributed by atoms with E-state index in [0.717, 1.165) is 4.31 Å². The van der Waals surface area contributed by atoms with Gasteiger partial charge in [0.15, 0.2) is 0 Å². The van der Waals surface area contributed by atoms with Gasteiger partial charge in [0.25, 0.3) is 10.0 Å². The van der Waals surface area contributed by atoms with Gasteiger partial charge in [-0.1, -0.05) is 23.7 Å². The van der Waals surface area contributed by atoms with Crippen molar-refractivity contribution in [1.82, 2.24) is 0 Å². The monoisotopic (exact) mass is 460 g/mol. The maximum atomic E-state index is 13.4. The van der Waals surface area contributed by atoms with E-state index in [2.05, 4.69) is 5.32 Å². The molecular weight excluding hydrogens is 440 g/mol. The van der Waals surface area contributed by atoms with Crippen molar-refractivity contribution in [2.75, 3.05) is 30.4 Å². The van der Waals surface area contributed by atoms with Crippen LogP contribution in [0.3, 0.4) is 0 Å². The van der Waals surface area contributed by atoms with Crippen molar-refractivity contribution in [3.8, 4) is 11.5 Å². The van der Waals surface area contributed by atoms with E-state index >= 15 is 0 Å². The fraction of sp³-hybridized carbons (Fsp3) is 0.136. The molecule has 0 radical (unpaired) electrons. The van der Waals surface area contributed by atoms with Crippen LogP contribution in [0.15, 0.2) is 77.7 Å². The summed E-state index contributed by atoms with van der Waals surface area (Å²) >= 11 is 6.07. The van der Waals surface area contributed by atoms with Gasteiger partial charge in [0, 0.05) is 16.8 Å². The van der Waals surface area contributed by atoms with Gasteiger partial charge in [-0.2, -0.15) is 0 Å². The number of nitrogens with zero attached hydrogens (tertiary/aromatic N) is 1. The Hall–Kier alpha value is -3.23. The molecule has 0 saturated carbocycles. The number of benzene rings is 3. The quantitative estimate of drug-likeness (QED) is 0.544. The average molecular weight is 461 g/mol. The Morgan fingerprint density at radius 3 is 2.26 bits per heavy atom. The van der Waals surface area contributed by atoms with Crippen LogP contribution in [0.2, 0.25) is 5.02 Å². The summed E-state index contributed by atoms with van der Waals surface area (Å²) in [6, 6.07) is 19.0. The number of sulfonamides is 1. The number of nitrogens with one attached hydrogen (secondary N) is 1. The van der Waals surface area contributed by atoms with Gasteiger partial charge in [0.1, 0.15) is 18.0 Å². The van der Waals surface area contributed by atoms with Crippen molar-refractivity contribution in [2.24, 2.45) is 0 Å². The Morgan fingerprint density at radius 2 is 1.61 bits per heavy atom. The third-order valence-electron chi connectivity index (χ3n) is 4.38. The molecule has 0 aliphatic rings. The molecule has 0 atom stereocenters. The molecular formula is C22H21ClN2O5S. The summed E-state index contributed by atoms with van der Waals surface area (Å²) in [4.78, 5) is 12.8. The number of rotatable bonds is 8. The van der Waals surface area contributed by atoms with Gasteiger partial charge in [-0.3, -0.25) is 9.10 Å².